The van der Waals surface area contributed by atoms with Crippen LogP contribution < -0.4 is 5.32 Å². The fraction of sp³-hybridized carbons (Fsp3) is 0.522. The van der Waals surface area contributed by atoms with E-state index in [2.05, 4.69) is 14.8 Å². The van der Waals surface area contributed by atoms with Crippen LogP contribution in [0.25, 0.3) is 0 Å². The van der Waals surface area contributed by atoms with Gasteiger partial charge in [0.25, 0.3) is 0 Å². The molecule has 1 unspecified atom stereocenters. The second-order valence-corrected chi connectivity index (χ2v) is 8.87. The van der Waals surface area contributed by atoms with Gasteiger partial charge in [0.1, 0.15) is 0 Å². The standard InChI is InChI=1S/C23H27Cl2NO10/c1-11(32-8-15-5-6-16(24)17(25)7-15)21(26-12(2)27)18-19(22(30)35-9-33-13(3)28)20(18)23(31)36-10-34-14(4)29/h5-7,11,18-21H,8-10H2,1-4H3,(H,26,27)/t11-,18-,19?,20-,21+/m0/s1. The number of esters is 4. The lowest BCUT2D eigenvalue weighted by molar-refractivity contribution is -0.172. The van der Waals surface area contributed by atoms with Crippen LogP contribution in [-0.4, -0.2) is 55.5 Å². The first-order chi connectivity index (χ1) is 16.9. The minimum Gasteiger partial charge on any atom is -0.428 e. The molecular formula is C23H27Cl2NO10. The maximum atomic E-state index is 12.7. The van der Waals surface area contributed by atoms with E-state index in [1.54, 1.807) is 25.1 Å². The summed E-state index contributed by atoms with van der Waals surface area (Å²) in [6.07, 6.45) is -0.677. The lowest BCUT2D eigenvalue weighted by Gasteiger charge is -2.25. The van der Waals surface area contributed by atoms with Gasteiger partial charge in [0.2, 0.25) is 19.5 Å². The minimum absolute atomic E-state index is 0.101. The first-order valence-electron chi connectivity index (χ1n) is 10.8. The van der Waals surface area contributed by atoms with Crippen molar-refractivity contribution in [2.24, 2.45) is 17.8 Å². The normalized spacial score (nSPS) is 19.9. The van der Waals surface area contributed by atoms with Gasteiger partial charge in [-0.3, -0.25) is 24.0 Å². The van der Waals surface area contributed by atoms with Gasteiger partial charge in [0, 0.05) is 26.7 Å². The second kappa shape index (κ2) is 13.4. The van der Waals surface area contributed by atoms with Gasteiger partial charge in [-0.25, -0.2) is 0 Å². The fourth-order valence-corrected chi connectivity index (χ4v) is 3.96. The Bertz CT molecular complexity index is 963. The second-order valence-electron chi connectivity index (χ2n) is 8.05. The van der Waals surface area contributed by atoms with E-state index in [0.717, 1.165) is 13.8 Å². The number of carbonyl (C=O) groups is 5. The van der Waals surface area contributed by atoms with Gasteiger partial charge in [-0.2, -0.15) is 0 Å². The predicted molar refractivity (Wildman–Crippen MR) is 124 cm³/mol. The molecule has 1 saturated carbocycles. The highest BCUT2D eigenvalue weighted by atomic mass is 35.5. The van der Waals surface area contributed by atoms with Crippen LogP contribution in [0.1, 0.15) is 33.3 Å². The third-order valence-corrected chi connectivity index (χ3v) is 6.07. The highest BCUT2D eigenvalue weighted by molar-refractivity contribution is 6.42. The van der Waals surface area contributed by atoms with Crippen molar-refractivity contribution in [2.75, 3.05) is 13.6 Å². The van der Waals surface area contributed by atoms with E-state index < -0.39 is 73.3 Å². The lowest BCUT2D eigenvalue weighted by atomic mass is 10.0. The molecule has 13 heteroatoms. The number of amides is 1. The van der Waals surface area contributed by atoms with Crippen molar-refractivity contribution in [3.05, 3.63) is 33.8 Å². The van der Waals surface area contributed by atoms with Gasteiger partial charge in [0.15, 0.2) is 0 Å². The highest BCUT2D eigenvalue weighted by Crippen LogP contribution is 2.51. The van der Waals surface area contributed by atoms with Crippen LogP contribution in [0.4, 0.5) is 0 Å². The summed E-state index contributed by atoms with van der Waals surface area (Å²) >= 11 is 12.0. The molecule has 0 heterocycles. The minimum atomic E-state index is -1.03. The molecular weight excluding hydrogens is 521 g/mol. The topological polar surface area (TPSA) is 144 Å². The molecule has 0 aromatic heterocycles. The molecule has 36 heavy (non-hydrogen) atoms. The fourth-order valence-electron chi connectivity index (χ4n) is 3.64. The smallest absolute Gasteiger partial charge is 0.313 e. The summed E-state index contributed by atoms with van der Waals surface area (Å²) in [6.45, 7) is 4.05. The third-order valence-electron chi connectivity index (χ3n) is 5.33. The van der Waals surface area contributed by atoms with E-state index in [-0.39, 0.29) is 6.61 Å². The number of carbonyl (C=O) groups excluding carboxylic acids is 5. The molecule has 2 rings (SSSR count). The van der Waals surface area contributed by atoms with Crippen LogP contribution in [0, 0.1) is 17.8 Å². The van der Waals surface area contributed by atoms with Crippen molar-refractivity contribution in [3.8, 4) is 0 Å². The molecule has 1 aliphatic carbocycles. The van der Waals surface area contributed by atoms with Crippen molar-refractivity contribution in [1.82, 2.24) is 5.32 Å². The zero-order valence-electron chi connectivity index (χ0n) is 20.1. The van der Waals surface area contributed by atoms with E-state index in [0.29, 0.717) is 15.6 Å². The molecule has 0 spiro atoms. The first-order valence-corrected chi connectivity index (χ1v) is 11.6. The summed E-state index contributed by atoms with van der Waals surface area (Å²) in [7, 11) is 0. The number of hydrogen-bond donors (Lipinski definition) is 1. The Morgan fingerprint density at radius 3 is 1.83 bits per heavy atom. The van der Waals surface area contributed by atoms with E-state index in [1.807, 2.05) is 0 Å². The first kappa shape index (κ1) is 29.3. The average Bonchev–Trinajstić information content (AvgIpc) is 3.53. The number of rotatable bonds is 12. The van der Waals surface area contributed by atoms with Crippen molar-refractivity contribution in [1.29, 1.82) is 0 Å². The monoisotopic (exact) mass is 547 g/mol. The van der Waals surface area contributed by atoms with Crippen LogP contribution in [0.2, 0.25) is 10.0 Å². The van der Waals surface area contributed by atoms with Gasteiger partial charge in [0.05, 0.1) is 40.6 Å². The Hall–Kier alpha value is -2.89. The predicted octanol–water partition coefficient (Wildman–Crippen LogP) is 2.39. The molecule has 1 N–H and O–H groups in total. The highest BCUT2D eigenvalue weighted by Gasteiger charge is 2.65. The number of benzene rings is 1. The van der Waals surface area contributed by atoms with Gasteiger partial charge in [-0.05, 0) is 24.6 Å². The van der Waals surface area contributed by atoms with Crippen molar-refractivity contribution >= 4 is 53.0 Å². The van der Waals surface area contributed by atoms with E-state index in [9.17, 15) is 24.0 Å². The van der Waals surface area contributed by atoms with Crippen LogP contribution >= 0.6 is 23.2 Å². The lowest BCUT2D eigenvalue weighted by Crippen LogP contribution is -2.45. The number of hydrogen-bond acceptors (Lipinski definition) is 10. The summed E-state index contributed by atoms with van der Waals surface area (Å²) < 4.78 is 25.1. The Labute approximate surface area is 217 Å². The molecule has 0 saturated heterocycles. The SMILES string of the molecule is CC(=O)N[C@@H]([C@H]1C(C(=O)OCOC(C)=O)[C@H]1C(=O)OCOC(C)=O)[C@H](C)OCc1ccc(Cl)c(Cl)c1. The Morgan fingerprint density at radius 2 is 1.39 bits per heavy atom. The number of ether oxygens (including phenoxy) is 5. The zero-order chi connectivity index (χ0) is 27.0. The van der Waals surface area contributed by atoms with E-state index in [1.165, 1.54) is 6.92 Å². The van der Waals surface area contributed by atoms with Gasteiger partial charge >= 0.3 is 23.9 Å². The van der Waals surface area contributed by atoms with Crippen LogP contribution in [0.15, 0.2) is 18.2 Å². The third kappa shape index (κ3) is 8.65. The molecule has 0 radical (unpaired) electrons. The van der Waals surface area contributed by atoms with Gasteiger partial charge in [-0.15, -0.1) is 0 Å². The van der Waals surface area contributed by atoms with Crippen LogP contribution in [-0.2, 0) is 54.3 Å². The summed E-state index contributed by atoms with van der Waals surface area (Å²) in [5, 5.41) is 3.45. The van der Waals surface area contributed by atoms with Gasteiger partial charge < -0.3 is 29.0 Å². The van der Waals surface area contributed by atoms with Crippen molar-refractivity contribution < 1.29 is 47.7 Å². The van der Waals surface area contributed by atoms with E-state index in [4.69, 9.17) is 37.4 Å². The maximum Gasteiger partial charge on any atom is 0.313 e. The molecule has 198 valence electrons. The maximum absolute atomic E-state index is 12.7. The largest absolute Gasteiger partial charge is 0.428 e. The molecule has 5 atom stereocenters. The molecule has 0 aliphatic heterocycles. The Kier molecular flexibility index (Phi) is 10.9. The Balaban J connectivity index is 2.17. The molecule has 1 aliphatic rings. The Morgan fingerprint density at radius 1 is 0.861 bits per heavy atom. The molecule has 1 aromatic carbocycles. The zero-order valence-corrected chi connectivity index (χ0v) is 21.6. The molecule has 0 bridgehead atoms. The summed E-state index contributed by atoms with van der Waals surface area (Å²) in [4.78, 5) is 59.2. The molecule has 1 amide bonds. The van der Waals surface area contributed by atoms with Crippen molar-refractivity contribution in [3.63, 3.8) is 0 Å². The van der Waals surface area contributed by atoms with Crippen LogP contribution in [0.5, 0.6) is 0 Å². The molecule has 1 fully saturated rings. The van der Waals surface area contributed by atoms with Crippen molar-refractivity contribution in [2.45, 2.75) is 46.4 Å². The summed E-state index contributed by atoms with van der Waals surface area (Å²) in [5.74, 6) is -6.23. The average molecular weight is 548 g/mol. The number of nitrogens with one attached hydrogen (secondary N) is 1. The molecule has 1 aromatic rings. The number of halogens is 2. The summed E-state index contributed by atoms with van der Waals surface area (Å²) in [5.41, 5.74) is 0.711. The van der Waals surface area contributed by atoms with E-state index >= 15 is 0 Å². The quantitative estimate of drug-likeness (QED) is 0.306. The van der Waals surface area contributed by atoms with Crippen LogP contribution in [0.3, 0.4) is 0 Å². The van der Waals surface area contributed by atoms with Gasteiger partial charge in [-0.1, -0.05) is 29.3 Å². The molecule has 11 nitrogen and oxygen atoms in total. The summed E-state index contributed by atoms with van der Waals surface area (Å²) in [6, 6.07) is 4.16.